The van der Waals surface area contributed by atoms with Gasteiger partial charge in [-0.05, 0) is 37.0 Å². The lowest BCUT2D eigenvalue weighted by molar-refractivity contribution is -0.131. The van der Waals surface area contributed by atoms with Gasteiger partial charge in [0.05, 0.1) is 14.2 Å². The molecule has 1 unspecified atom stereocenters. The molecule has 108 valence electrons. The number of aryl methyl sites for hydroxylation is 1. The summed E-state index contributed by atoms with van der Waals surface area (Å²) in [6.07, 6.45) is -3.55. The summed E-state index contributed by atoms with van der Waals surface area (Å²) >= 11 is 5.26. The Morgan fingerprint density at radius 2 is 1.79 bits per heavy atom. The van der Waals surface area contributed by atoms with Crippen molar-refractivity contribution >= 4 is 11.6 Å². The molecule has 0 fully saturated rings. The Kier molecular flexibility index (Phi) is 5.79. The van der Waals surface area contributed by atoms with E-state index in [2.05, 4.69) is 0 Å². The zero-order valence-corrected chi connectivity index (χ0v) is 11.5. The smallest absolute Gasteiger partial charge is 0.404 e. The van der Waals surface area contributed by atoms with Crippen LogP contribution in [-0.4, -0.2) is 25.8 Å². The summed E-state index contributed by atoms with van der Waals surface area (Å²) in [6, 6.07) is 5.30. The molecule has 0 saturated carbocycles. The Balaban J connectivity index is 2.54. The predicted molar refractivity (Wildman–Crippen MR) is 68.2 cm³/mol. The highest BCUT2D eigenvalue weighted by atomic mass is 35.5. The van der Waals surface area contributed by atoms with Crippen molar-refractivity contribution in [2.24, 2.45) is 0 Å². The lowest BCUT2D eigenvalue weighted by Crippen LogP contribution is -2.23. The number of hydrogen-bond acceptors (Lipinski definition) is 2. The van der Waals surface area contributed by atoms with Crippen LogP contribution in [0.25, 0.3) is 0 Å². The van der Waals surface area contributed by atoms with E-state index >= 15 is 0 Å². The second-order valence-electron chi connectivity index (χ2n) is 4.09. The Labute approximate surface area is 115 Å². The minimum Gasteiger partial charge on any atom is -0.493 e. The molecular weight excluding hydrogens is 281 g/mol. The van der Waals surface area contributed by atoms with Gasteiger partial charge in [-0.15, -0.1) is 11.6 Å². The average molecular weight is 297 g/mol. The van der Waals surface area contributed by atoms with E-state index < -0.39 is 11.6 Å². The normalized spacial score (nSPS) is 13.2. The van der Waals surface area contributed by atoms with Crippen LogP contribution in [0.4, 0.5) is 13.2 Å². The number of ether oxygens (including phenoxy) is 2. The van der Waals surface area contributed by atoms with E-state index in [1.165, 1.54) is 14.2 Å². The Morgan fingerprint density at radius 1 is 1.16 bits per heavy atom. The second kappa shape index (κ2) is 6.89. The van der Waals surface area contributed by atoms with Crippen LogP contribution in [0.5, 0.6) is 11.5 Å². The molecule has 0 bridgehead atoms. The first-order valence-corrected chi connectivity index (χ1v) is 6.23. The highest BCUT2D eigenvalue weighted by Crippen LogP contribution is 2.30. The summed E-state index contributed by atoms with van der Waals surface area (Å²) in [5, 5.41) is -1.78. The predicted octanol–water partition coefficient (Wildman–Crippen LogP) is 4.20. The minimum atomic E-state index is -4.33. The highest BCUT2D eigenvalue weighted by molar-refractivity contribution is 6.21. The molecule has 0 aliphatic carbocycles. The molecule has 19 heavy (non-hydrogen) atoms. The van der Waals surface area contributed by atoms with Crippen LogP contribution in [-0.2, 0) is 6.42 Å². The van der Waals surface area contributed by atoms with E-state index in [4.69, 9.17) is 21.1 Å². The summed E-state index contributed by atoms with van der Waals surface area (Å²) in [5.74, 6) is 1.16. The Morgan fingerprint density at radius 3 is 2.32 bits per heavy atom. The van der Waals surface area contributed by atoms with Crippen molar-refractivity contribution in [2.75, 3.05) is 14.2 Å². The summed E-state index contributed by atoms with van der Waals surface area (Å²) in [7, 11) is 3.04. The summed E-state index contributed by atoms with van der Waals surface area (Å²) in [4.78, 5) is 0. The fraction of sp³-hybridized carbons (Fsp3) is 0.538. The lowest BCUT2D eigenvalue weighted by Gasteiger charge is -2.13. The van der Waals surface area contributed by atoms with Crippen LogP contribution in [0.15, 0.2) is 18.2 Å². The molecule has 2 nitrogen and oxygen atoms in total. The number of alkyl halides is 4. The van der Waals surface area contributed by atoms with E-state index in [0.29, 0.717) is 24.3 Å². The van der Waals surface area contributed by atoms with Gasteiger partial charge in [0, 0.05) is 0 Å². The zero-order valence-electron chi connectivity index (χ0n) is 10.8. The van der Waals surface area contributed by atoms with Gasteiger partial charge in [0.25, 0.3) is 0 Å². The maximum absolute atomic E-state index is 12.2. The van der Waals surface area contributed by atoms with Gasteiger partial charge in [0.1, 0.15) is 5.38 Å². The summed E-state index contributed by atoms with van der Waals surface area (Å²) < 4.78 is 46.9. The van der Waals surface area contributed by atoms with E-state index in [1.54, 1.807) is 18.2 Å². The third-order valence-corrected chi connectivity index (χ3v) is 3.19. The van der Waals surface area contributed by atoms with Crippen LogP contribution < -0.4 is 9.47 Å². The number of rotatable bonds is 6. The fourth-order valence-corrected chi connectivity index (χ4v) is 1.84. The first-order valence-electron chi connectivity index (χ1n) is 5.80. The van der Waals surface area contributed by atoms with Gasteiger partial charge in [-0.2, -0.15) is 13.2 Å². The number of methoxy groups -OCH3 is 2. The van der Waals surface area contributed by atoms with Crippen LogP contribution in [0.1, 0.15) is 18.4 Å². The molecule has 0 aliphatic rings. The molecule has 0 aromatic heterocycles. The van der Waals surface area contributed by atoms with Crippen molar-refractivity contribution in [1.82, 2.24) is 0 Å². The summed E-state index contributed by atoms with van der Waals surface area (Å²) in [6.45, 7) is 0. The van der Waals surface area contributed by atoms with Gasteiger partial charge >= 0.3 is 6.18 Å². The monoisotopic (exact) mass is 296 g/mol. The van der Waals surface area contributed by atoms with E-state index in [1.807, 2.05) is 0 Å². The van der Waals surface area contributed by atoms with Gasteiger partial charge in [-0.3, -0.25) is 0 Å². The van der Waals surface area contributed by atoms with Crippen LogP contribution in [0.2, 0.25) is 0 Å². The van der Waals surface area contributed by atoms with Crippen molar-refractivity contribution in [3.8, 4) is 11.5 Å². The van der Waals surface area contributed by atoms with E-state index in [-0.39, 0.29) is 6.42 Å². The number of hydrogen-bond donors (Lipinski definition) is 0. The van der Waals surface area contributed by atoms with Crippen molar-refractivity contribution in [1.29, 1.82) is 0 Å². The van der Waals surface area contributed by atoms with Crippen LogP contribution in [0, 0.1) is 0 Å². The van der Waals surface area contributed by atoms with E-state index in [0.717, 1.165) is 5.56 Å². The van der Waals surface area contributed by atoms with Crippen LogP contribution in [0.3, 0.4) is 0 Å². The van der Waals surface area contributed by atoms with E-state index in [9.17, 15) is 13.2 Å². The third-order valence-electron chi connectivity index (χ3n) is 2.73. The topological polar surface area (TPSA) is 18.5 Å². The third kappa shape index (κ3) is 4.82. The molecule has 0 radical (unpaired) electrons. The molecule has 1 aromatic carbocycles. The molecule has 0 spiro atoms. The molecule has 1 aromatic rings. The van der Waals surface area contributed by atoms with Crippen molar-refractivity contribution in [3.05, 3.63) is 23.8 Å². The largest absolute Gasteiger partial charge is 0.493 e. The number of halogens is 4. The van der Waals surface area contributed by atoms with Crippen molar-refractivity contribution in [3.63, 3.8) is 0 Å². The molecular formula is C13H16ClF3O2. The minimum absolute atomic E-state index is 0.0978. The maximum atomic E-state index is 12.2. The standard InChI is InChI=1S/C13H16ClF3O2/c1-18-10-7-6-9(8-11(10)19-2)4-3-5-12(14)13(15,16)17/h6-8,12H,3-5H2,1-2H3. The molecule has 6 heteroatoms. The van der Waals surface area contributed by atoms with Crippen molar-refractivity contribution in [2.45, 2.75) is 30.8 Å². The van der Waals surface area contributed by atoms with Gasteiger partial charge in [-0.1, -0.05) is 6.07 Å². The Bertz CT molecular complexity index is 407. The molecule has 1 rings (SSSR count). The van der Waals surface area contributed by atoms with Gasteiger partial charge in [-0.25, -0.2) is 0 Å². The highest BCUT2D eigenvalue weighted by Gasteiger charge is 2.37. The Hall–Kier alpha value is -1.10. The SMILES string of the molecule is COc1ccc(CCCC(Cl)C(F)(F)F)cc1OC. The maximum Gasteiger partial charge on any atom is 0.404 e. The molecule has 0 saturated heterocycles. The van der Waals surface area contributed by atoms with Gasteiger partial charge in [0.15, 0.2) is 11.5 Å². The quantitative estimate of drug-likeness (QED) is 0.733. The summed E-state index contributed by atoms with van der Waals surface area (Å²) in [5.41, 5.74) is 0.892. The molecule has 0 aliphatic heterocycles. The molecule has 1 atom stereocenters. The van der Waals surface area contributed by atoms with Gasteiger partial charge in [0.2, 0.25) is 0 Å². The molecule has 0 amide bonds. The molecule has 0 heterocycles. The first-order chi connectivity index (χ1) is 8.88. The lowest BCUT2D eigenvalue weighted by atomic mass is 10.1. The molecule has 0 N–H and O–H groups in total. The zero-order chi connectivity index (χ0) is 14.5. The first kappa shape index (κ1) is 16.0. The average Bonchev–Trinajstić information content (AvgIpc) is 2.37. The number of benzene rings is 1. The van der Waals surface area contributed by atoms with Gasteiger partial charge < -0.3 is 9.47 Å². The fourth-order valence-electron chi connectivity index (χ4n) is 1.69. The van der Waals surface area contributed by atoms with Crippen LogP contribution >= 0.6 is 11.6 Å². The second-order valence-corrected chi connectivity index (χ2v) is 4.62. The van der Waals surface area contributed by atoms with Crippen molar-refractivity contribution < 1.29 is 22.6 Å².